The molecule has 0 aliphatic rings. The molecular formula is C28H21ClN4O2. The van der Waals surface area contributed by atoms with Crippen LogP contribution in [0.3, 0.4) is 0 Å². The first kappa shape index (κ1) is 22.5. The minimum absolute atomic E-state index is 0.200. The highest BCUT2D eigenvalue weighted by Gasteiger charge is 2.15. The molecule has 0 atom stereocenters. The molecule has 35 heavy (non-hydrogen) atoms. The van der Waals surface area contributed by atoms with Gasteiger partial charge in [0.15, 0.2) is 0 Å². The molecule has 6 nitrogen and oxygen atoms in total. The third-order valence-electron chi connectivity index (χ3n) is 5.65. The Morgan fingerprint density at radius 3 is 2.23 bits per heavy atom. The first-order valence-electron chi connectivity index (χ1n) is 11.0. The molecule has 0 radical (unpaired) electrons. The fourth-order valence-corrected chi connectivity index (χ4v) is 3.92. The third kappa shape index (κ3) is 4.56. The number of halogens is 1. The summed E-state index contributed by atoms with van der Waals surface area (Å²) in [6.45, 7) is 1.93. The van der Waals surface area contributed by atoms with Crippen molar-refractivity contribution in [2.75, 3.05) is 7.11 Å². The predicted molar refractivity (Wildman–Crippen MR) is 140 cm³/mol. The van der Waals surface area contributed by atoms with E-state index in [0.717, 1.165) is 11.1 Å². The van der Waals surface area contributed by atoms with E-state index in [1.807, 2.05) is 73.7 Å². The zero-order valence-electron chi connectivity index (χ0n) is 19.1. The summed E-state index contributed by atoms with van der Waals surface area (Å²) in [7, 11) is 1.61. The van der Waals surface area contributed by atoms with Crippen LogP contribution in [-0.2, 0) is 0 Å². The summed E-state index contributed by atoms with van der Waals surface area (Å²) in [5.41, 5.74) is 4.05. The van der Waals surface area contributed by atoms with Crippen molar-refractivity contribution in [1.29, 1.82) is 0 Å². The van der Waals surface area contributed by atoms with Crippen molar-refractivity contribution < 1.29 is 4.74 Å². The zero-order valence-corrected chi connectivity index (χ0v) is 19.9. The fraction of sp³-hybridized carbons (Fsp3) is 0.0714. The van der Waals surface area contributed by atoms with Crippen molar-refractivity contribution in [2.45, 2.75) is 6.92 Å². The molecule has 5 aromatic rings. The molecular weight excluding hydrogens is 460 g/mol. The number of ether oxygens (including phenoxy) is 1. The molecule has 1 aromatic heterocycles. The first-order valence-corrected chi connectivity index (χ1v) is 11.4. The molecule has 0 aliphatic heterocycles. The van der Waals surface area contributed by atoms with Crippen molar-refractivity contribution in [1.82, 2.24) is 9.55 Å². The number of rotatable bonds is 5. The van der Waals surface area contributed by atoms with Crippen molar-refractivity contribution in [3.05, 3.63) is 112 Å². The quantitative estimate of drug-likeness (QED) is 0.245. The van der Waals surface area contributed by atoms with Gasteiger partial charge in [0.1, 0.15) is 11.6 Å². The van der Waals surface area contributed by atoms with Crippen LogP contribution in [0.15, 0.2) is 106 Å². The normalized spacial score (nSPS) is 11.3. The van der Waals surface area contributed by atoms with Gasteiger partial charge >= 0.3 is 0 Å². The molecule has 1 heterocycles. The van der Waals surface area contributed by atoms with Crippen molar-refractivity contribution in [3.63, 3.8) is 0 Å². The highest BCUT2D eigenvalue weighted by Crippen LogP contribution is 2.27. The van der Waals surface area contributed by atoms with Gasteiger partial charge in [-0.25, -0.2) is 4.98 Å². The Balaban J connectivity index is 1.66. The summed E-state index contributed by atoms with van der Waals surface area (Å²) >= 11 is 6.19. The lowest BCUT2D eigenvalue weighted by Crippen LogP contribution is -2.21. The van der Waals surface area contributed by atoms with Gasteiger partial charge in [-0.05, 0) is 67.1 Å². The molecule has 0 unspecified atom stereocenters. The van der Waals surface area contributed by atoms with Crippen LogP contribution in [0.25, 0.3) is 28.0 Å². The molecule has 0 aliphatic carbocycles. The van der Waals surface area contributed by atoms with Crippen molar-refractivity contribution >= 4 is 33.9 Å². The van der Waals surface area contributed by atoms with Gasteiger partial charge in [-0.1, -0.05) is 48.0 Å². The predicted octanol–water partition coefficient (Wildman–Crippen LogP) is 7.44. The Labute approximate surface area is 207 Å². The molecule has 0 fully saturated rings. The topological polar surface area (TPSA) is 68.8 Å². The molecule has 0 N–H and O–H groups in total. The highest BCUT2D eigenvalue weighted by atomic mass is 35.5. The average molecular weight is 481 g/mol. The van der Waals surface area contributed by atoms with E-state index in [0.29, 0.717) is 44.6 Å². The number of aryl methyl sites for hydroxylation is 1. The Kier molecular flexibility index (Phi) is 6.12. The van der Waals surface area contributed by atoms with Crippen LogP contribution in [0.2, 0.25) is 5.02 Å². The Hall–Kier alpha value is -4.29. The number of hydrogen-bond acceptors (Lipinski definition) is 5. The standard InChI is InChI=1S/C28H21ClN4O2/c1-18-8-9-21(17-25(18)29)32-31-20-10-15-26-24(16-20)28(34)33(22-11-13-23(35-2)14-12-22)27(30-26)19-6-4-3-5-7-19/h3-17H,1-2H3. The van der Waals surface area contributed by atoms with Crippen LogP contribution in [-0.4, -0.2) is 16.7 Å². The lowest BCUT2D eigenvalue weighted by molar-refractivity contribution is 0.414. The van der Waals surface area contributed by atoms with Crippen LogP contribution in [0.4, 0.5) is 11.4 Å². The maximum absolute atomic E-state index is 13.8. The highest BCUT2D eigenvalue weighted by molar-refractivity contribution is 6.31. The molecule has 0 saturated carbocycles. The maximum Gasteiger partial charge on any atom is 0.266 e. The fourth-order valence-electron chi connectivity index (χ4n) is 3.75. The van der Waals surface area contributed by atoms with Gasteiger partial charge < -0.3 is 4.74 Å². The largest absolute Gasteiger partial charge is 0.497 e. The molecule has 0 spiro atoms. The van der Waals surface area contributed by atoms with Crippen LogP contribution in [0.1, 0.15) is 5.56 Å². The van der Waals surface area contributed by atoms with Crippen LogP contribution in [0, 0.1) is 6.92 Å². The average Bonchev–Trinajstić information content (AvgIpc) is 2.90. The molecule has 7 heteroatoms. The molecule has 0 amide bonds. The van der Waals surface area contributed by atoms with Gasteiger partial charge in [0.05, 0.1) is 35.1 Å². The van der Waals surface area contributed by atoms with E-state index in [2.05, 4.69) is 10.2 Å². The second-order valence-corrected chi connectivity index (χ2v) is 8.38. The summed E-state index contributed by atoms with van der Waals surface area (Å²) < 4.78 is 6.89. The lowest BCUT2D eigenvalue weighted by atomic mass is 10.1. The van der Waals surface area contributed by atoms with Gasteiger partial charge in [-0.3, -0.25) is 9.36 Å². The van der Waals surface area contributed by atoms with Crippen LogP contribution < -0.4 is 10.3 Å². The minimum Gasteiger partial charge on any atom is -0.497 e. The molecule has 5 rings (SSSR count). The number of methoxy groups -OCH3 is 1. The Bertz CT molecular complexity index is 1610. The molecule has 0 saturated heterocycles. The van der Waals surface area contributed by atoms with E-state index < -0.39 is 0 Å². The molecule has 0 bridgehead atoms. The van der Waals surface area contributed by atoms with Gasteiger partial charge in [0.25, 0.3) is 5.56 Å². The second kappa shape index (κ2) is 9.52. The number of hydrogen-bond donors (Lipinski definition) is 0. The van der Waals surface area contributed by atoms with Crippen molar-refractivity contribution in [3.8, 4) is 22.8 Å². The number of aromatic nitrogens is 2. The number of benzene rings is 4. The van der Waals surface area contributed by atoms with E-state index in [1.165, 1.54) is 0 Å². The summed E-state index contributed by atoms with van der Waals surface area (Å²) in [5, 5.41) is 9.66. The third-order valence-corrected chi connectivity index (χ3v) is 6.06. The summed E-state index contributed by atoms with van der Waals surface area (Å²) in [6, 6.07) is 27.7. The first-order chi connectivity index (χ1) is 17.0. The lowest BCUT2D eigenvalue weighted by Gasteiger charge is -2.14. The maximum atomic E-state index is 13.8. The smallest absolute Gasteiger partial charge is 0.266 e. The zero-order chi connectivity index (χ0) is 24.4. The molecule has 172 valence electrons. The monoisotopic (exact) mass is 480 g/mol. The number of azo groups is 1. The summed E-state index contributed by atoms with van der Waals surface area (Å²) in [5.74, 6) is 1.26. The van der Waals surface area contributed by atoms with Gasteiger partial charge in [0, 0.05) is 10.6 Å². The van der Waals surface area contributed by atoms with E-state index in [4.69, 9.17) is 21.3 Å². The van der Waals surface area contributed by atoms with E-state index in [1.54, 1.807) is 35.9 Å². The minimum atomic E-state index is -0.200. The van der Waals surface area contributed by atoms with Gasteiger partial charge in [0.2, 0.25) is 0 Å². The van der Waals surface area contributed by atoms with E-state index in [-0.39, 0.29) is 5.56 Å². The van der Waals surface area contributed by atoms with E-state index >= 15 is 0 Å². The summed E-state index contributed by atoms with van der Waals surface area (Å²) in [4.78, 5) is 18.6. The van der Waals surface area contributed by atoms with Gasteiger partial charge in [-0.2, -0.15) is 10.2 Å². The Morgan fingerprint density at radius 2 is 1.54 bits per heavy atom. The second-order valence-electron chi connectivity index (χ2n) is 7.97. The number of fused-ring (bicyclic) bond motifs is 1. The van der Waals surface area contributed by atoms with Crippen LogP contribution in [0.5, 0.6) is 5.75 Å². The Morgan fingerprint density at radius 1 is 0.857 bits per heavy atom. The van der Waals surface area contributed by atoms with Crippen molar-refractivity contribution in [2.24, 2.45) is 10.2 Å². The van der Waals surface area contributed by atoms with Gasteiger partial charge in [-0.15, -0.1) is 0 Å². The molecule has 4 aromatic carbocycles. The summed E-state index contributed by atoms with van der Waals surface area (Å²) in [6.07, 6.45) is 0. The SMILES string of the molecule is COc1ccc(-n2c(-c3ccccc3)nc3ccc(N=Nc4ccc(C)c(Cl)c4)cc3c2=O)cc1. The van der Waals surface area contributed by atoms with Crippen LogP contribution >= 0.6 is 11.6 Å². The van der Waals surface area contributed by atoms with E-state index in [9.17, 15) is 4.79 Å². The number of nitrogens with zero attached hydrogens (tertiary/aromatic N) is 4.